The Morgan fingerprint density at radius 3 is 2.65 bits per heavy atom. The van der Waals surface area contributed by atoms with Gasteiger partial charge in [-0.3, -0.25) is 4.79 Å². The second-order valence-corrected chi connectivity index (χ2v) is 6.84. The molecule has 0 unspecified atom stereocenters. The molecule has 1 saturated heterocycles. The molecule has 1 fully saturated rings. The van der Waals surface area contributed by atoms with Gasteiger partial charge in [-0.15, -0.1) is 5.10 Å². The monoisotopic (exact) mass is 375 g/mol. The van der Waals surface area contributed by atoms with E-state index in [2.05, 4.69) is 10.2 Å². The van der Waals surface area contributed by atoms with E-state index in [1.807, 2.05) is 24.0 Å². The Morgan fingerprint density at radius 2 is 2.00 bits per heavy atom. The molecule has 0 N–H and O–H groups in total. The normalized spacial score (nSPS) is 15.0. The lowest BCUT2D eigenvalue weighted by atomic mass is 9.97. The summed E-state index contributed by atoms with van der Waals surface area (Å²) in [6, 6.07) is 8.80. The van der Waals surface area contributed by atoms with E-state index in [0.717, 1.165) is 18.5 Å². The number of amides is 1. The van der Waals surface area contributed by atoms with Gasteiger partial charge in [-0.25, -0.2) is 0 Å². The Kier molecular flexibility index (Phi) is 5.93. The zero-order chi connectivity index (χ0) is 18.5. The van der Waals surface area contributed by atoms with Gasteiger partial charge in [-0.1, -0.05) is 11.6 Å². The first-order chi connectivity index (χ1) is 12.6. The van der Waals surface area contributed by atoms with E-state index < -0.39 is 0 Å². The maximum Gasteiger partial charge on any atom is 0.257 e. The van der Waals surface area contributed by atoms with E-state index in [4.69, 9.17) is 21.1 Å². The van der Waals surface area contributed by atoms with E-state index in [1.165, 1.54) is 0 Å². The van der Waals surface area contributed by atoms with Crippen LogP contribution in [-0.4, -0.2) is 47.8 Å². The van der Waals surface area contributed by atoms with E-state index in [1.54, 1.807) is 25.3 Å². The number of hydrogen-bond donors (Lipinski definition) is 0. The molecular formula is C19H22ClN3O3. The Labute approximate surface area is 158 Å². The standard InChI is InChI=1S/C19H22ClN3O3/c1-13-3-6-18(22-21-13)26-12-14-7-9-23(10-8-14)19(24)16-11-15(20)4-5-17(16)25-2/h3-6,11,14H,7-10,12H2,1-2H3. The van der Waals surface area contributed by atoms with Crippen LogP contribution in [-0.2, 0) is 0 Å². The third-order valence-electron chi connectivity index (χ3n) is 4.53. The lowest BCUT2D eigenvalue weighted by Crippen LogP contribution is -2.39. The molecule has 6 nitrogen and oxygen atoms in total. The second kappa shape index (κ2) is 8.36. The van der Waals surface area contributed by atoms with Gasteiger partial charge in [0.2, 0.25) is 5.88 Å². The molecule has 1 amide bonds. The van der Waals surface area contributed by atoms with Crippen LogP contribution in [0.1, 0.15) is 28.9 Å². The zero-order valence-corrected chi connectivity index (χ0v) is 15.7. The summed E-state index contributed by atoms with van der Waals surface area (Å²) in [6.07, 6.45) is 1.77. The average molecular weight is 376 g/mol. The number of nitrogens with zero attached hydrogens (tertiary/aromatic N) is 3. The van der Waals surface area contributed by atoms with Gasteiger partial charge in [0.05, 0.1) is 25.0 Å². The van der Waals surface area contributed by atoms with E-state index in [9.17, 15) is 4.79 Å². The number of ether oxygens (including phenoxy) is 2. The number of rotatable bonds is 5. The fourth-order valence-corrected chi connectivity index (χ4v) is 3.16. The van der Waals surface area contributed by atoms with E-state index in [0.29, 0.717) is 47.8 Å². The SMILES string of the molecule is COc1ccc(Cl)cc1C(=O)N1CCC(COc2ccc(C)nn2)CC1. The summed E-state index contributed by atoms with van der Waals surface area (Å²) in [5.41, 5.74) is 1.37. The van der Waals surface area contributed by atoms with Crippen molar-refractivity contribution in [2.75, 3.05) is 26.8 Å². The molecule has 1 aromatic heterocycles. The predicted molar refractivity (Wildman–Crippen MR) is 98.9 cm³/mol. The molecule has 1 aliphatic rings. The number of hydrogen-bond acceptors (Lipinski definition) is 5. The minimum Gasteiger partial charge on any atom is -0.496 e. The quantitative estimate of drug-likeness (QED) is 0.801. The van der Waals surface area contributed by atoms with E-state index >= 15 is 0 Å². The maximum absolute atomic E-state index is 12.8. The van der Waals surface area contributed by atoms with Crippen molar-refractivity contribution in [2.24, 2.45) is 5.92 Å². The van der Waals surface area contributed by atoms with Crippen molar-refractivity contribution in [2.45, 2.75) is 19.8 Å². The molecule has 26 heavy (non-hydrogen) atoms. The summed E-state index contributed by atoms with van der Waals surface area (Å²) in [5.74, 6) is 1.43. The summed E-state index contributed by atoms with van der Waals surface area (Å²) in [6.45, 7) is 3.84. The molecule has 0 bridgehead atoms. The molecule has 7 heteroatoms. The molecule has 0 spiro atoms. The van der Waals surface area contributed by atoms with Crippen LogP contribution in [0.5, 0.6) is 11.6 Å². The number of aryl methyl sites for hydroxylation is 1. The highest BCUT2D eigenvalue weighted by Gasteiger charge is 2.26. The maximum atomic E-state index is 12.8. The first-order valence-electron chi connectivity index (χ1n) is 8.63. The van der Waals surface area contributed by atoms with Crippen LogP contribution in [0.25, 0.3) is 0 Å². The van der Waals surface area contributed by atoms with Crippen LogP contribution in [0.3, 0.4) is 0 Å². The first-order valence-corrected chi connectivity index (χ1v) is 9.00. The first kappa shape index (κ1) is 18.5. The molecule has 1 aliphatic heterocycles. The number of methoxy groups -OCH3 is 1. The topological polar surface area (TPSA) is 64.5 Å². The van der Waals surface area contributed by atoms with E-state index in [-0.39, 0.29) is 5.91 Å². The van der Waals surface area contributed by atoms with Crippen molar-refractivity contribution in [3.63, 3.8) is 0 Å². The third-order valence-corrected chi connectivity index (χ3v) is 4.77. The molecular weight excluding hydrogens is 354 g/mol. The second-order valence-electron chi connectivity index (χ2n) is 6.40. The summed E-state index contributed by atoms with van der Waals surface area (Å²) >= 11 is 6.04. The van der Waals surface area contributed by atoms with Gasteiger partial charge in [0.25, 0.3) is 5.91 Å². The highest BCUT2D eigenvalue weighted by molar-refractivity contribution is 6.31. The summed E-state index contributed by atoms with van der Waals surface area (Å²) < 4.78 is 11.0. The zero-order valence-electron chi connectivity index (χ0n) is 14.9. The van der Waals surface area contributed by atoms with Crippen molar-refractivity contribution in [1.82, 2.24) is 15.1 Å². The summed E-state index contributed by atoms with van der Waals surface area (Å²) in [4.78, 5) is 14.6. The number of aromatic nitrogens is 2. The van der Waals surface area contributed by atoms with Crippen LogP contribution in [0.15, 0.2) is 30.3 Å². The van der Waals surface area contributed by atoms with Crippen molar-refractivity contribution in [3.8, 4) is 11.6 Å². The van der Waals surface area contributed by atoms with Crippen molar-refractivity contribution >= 4 is 17.5 Å². The van der Waals surface area contributed by atoms with Gasteiger partial charge in [-0.05, 0) is 49.9 Å². The van der Waals surface area contributed by atoms with Gasteiger partial charge in [0, 0.05) is 24.2 Å². The van der Waals surface area contributed by atoms with Crippen LogP contribution in [0.4, 0.5) is 0 Å². The predicted octanol–water partition coefficient (Wildman–Crippen LogP) is 3.38. The average Bonchev–Trinajstić information content (AvgIpc) is 2.67. The molecule has 0 radical (unpaired) electrons. The Morgan fingerprint density at radius 1 is 1.23 bits per heavy atom. The highest BCUT2D eigenvalue weighted by Crippen LogP contribution is 2.26. The van der Waals surface area contributed by atoms with Crippen molar-refractivity contribution in [1.29, 1.82) is 0 Å². The summed E-state index contributed by atoms with van der Waals surface area (Å²) in [7, 11) is 1.55. The largest absolute Gasteiger partial charge is 0.496 e. The Balaban J connectivity index is 1.54. The minimum absolute atomic E-state index is 0.0480. The van der Waals surface area contributed by atoms with Gasteiger partial charge >= 0.3 is 0 Å². The lowest BCUT2D eigenvalue weighted by Gasteiger charge is -2.32. The Bertz CT molecular complexity index is 759. The van der Waals surface area contributed by atoms with Crippen molar-refractivity contribution < 1.29 is 14.3 Å². The number of carbonyl (C=O) groups is 1. The number of carbonyl (C=O) groups excluding carboxylic acids is 1. The van der Waals surface area contributed by atoms with Gasteiger partial charge in [0.15, 0.2) is 0 Å². The molecule has 2 heterocycles. The van der Waals surface area contributed by atoms with Gasteiger partial charge in [0.1, 0.15) is 5.75 Å². The van der Waals surface area contributed by atoms with Crippen LogP contribution >= 0.6 is 11.6 Å². The lowest BCUT2D eigenvalue weighted by molar-refractivity contribution is 0.0655. The smallest absolute Gasteiger partial charge is 0.257 e. The molecule has 0 atom stereocenters. The highest BCUT2D eigenvalue weighted by atomic mass is 35.5. The summed E-state index contributed by atoms with van der Waals surface area (Å²) in [5, 5.41) is 8.52. The number of piperidine rings is 1. The molecule has 1 aromatic carbocycles. The fourth-order valence-electron chi connectivity index (χ4n) is 2.99. The van der Waals surface area contributed by atoms with Crippen LogP contribution < -0.4 is 9.47 Å². The molecule has 0 saturated carbocycles. The van der Waals surface area contributed by atoms with Gasteiger partial charge < -0.3 is 14.4 Å². The van der Waals surface area contributed by atoms with Crippen molar-refractivity contribution in [3.05, 3.63) is 46.6 Å². The minimum atomic E-state index is -0.0480. The molecule has 3 rings (SSSR count). The fraction of sp³-hybridized carbons (Fsp3) is 0.421. The van der Waals surface area contributed by atoms with Gasteiger partial charge in [-0.2, -0.15) is 5.10 Å². The third kappa shape index (κ3) is 4.43. The Hall–Kier alpha value is -2.34. The molecule has 0 aliphatic carbocycles. The number of benzene rings is 1. The van der Waals surface area contributed by atoms with Crippen LogP contribution in [0, 0.1) is 12.8 Å². The number of likely N-dealkylation sites (tertiary alicyclic amines) is 1. The van der Waals surface area contributed by atoms with Crippen LogP contribution in [0.2, 0.25) is 5.02 Å². The molecule has 138 valence electrons. The molecule has 2 aromatic rings. The number of halogens is 1.